The highest BCUT2D eigenvalue weighted by Gasteiger charge is 2.39. The summed E-state index contributed by atoms with van der Waals surface area (Å²) in [7, 11) is 0. The Bertz CT molecular complexity index is 526. The van der Waals surface area contributed by atoms with Crippen molar-refractivity contribution in [2.75, 3.05) is 6.54 Å². The van der Waals surface area contributed by atoms with Gasteiger partial charge in [0.25, 0.3) is 5.69 Å². The second-order valence-corrected chi connectivity index (χ2v) is 5.80. The molecular weight excluding hydrogens is 256 g/mol. The van der Waals surface area contributed by atoms with Crippen LogP contribution in [0.5, 0.6) is 0 Å². The maximum Gasteiger partial charge on any atom is 0.269 e. The number of rotatable bonds is 4. The van der Waals surface area contributed by atoms with Gasteiger partial charge in [0.2, 0.25) is 0 Å². The first-order chi connectivity index (χ1) is 9.65. The number of hydrogen-bond acceptors (Lipinski definition) is 4. The summed E-state index contributed by atoms with van der Waals surface area (Å²) in [6, 6.07) is 6.19. The van der Waals surface area contributed by atoms with Crippen LogP contribution in [0.3, 0.4) is 0 Å². The highest BCUT2D eigenvalue weighted by molar-refractivity contribution is 5.96. The van der Waals surface area contributed by atoms with E-state index in [1.54, 1.807) is 12.1 Å². The number of fused-ring (bicyclic) bond motifs is 1. The van der Waals surface area contributed by atoms with Crippen LogP contribution in [0.1, 0.15) is 36.0 Å². The lowest BCUT2D eigenvalue weighted by Gasteiger charge is -2.17. The molecular formula is C15H18N2O3. The highest BCUT2D eigenvalue weighted by atomic mass is 16.6. The molecule has 106 valence electrons. The lowest BCUT2D eigenvalue weighted by atomic mass is 9.90. The number of nitrogens with one attached hydrogen (secondary N) is 1. The van der Waals surface area contributed by atoms with Crippen LogP contribution < -0.4 is 5.32 Å². The zero-order chi connectivity index (χ0) is 14.1. The van der Waals surface area contributed by atoms with Gasteiger partial charge in [-0.05, 0) is 43.4 Å². The first-order valence-corrected chi connectivity index (χ1v) is 7.16. The molecule has 1 aromatic rings. The molecule has 0 amide bonds. The van der Waals surface area contributed by atoms with Gasteiger partial charge < -0.3 is 5.32 Å². The topological polar surface area (TPSA) is 72.2 Å². The minimum atomic E-state index is -0.449. The van der Waals surface area contributed by atoms with Crippen molar-refractivity contribution in [1.82, 2.24) is 5.32 Å². The third-order valence-corrected chi connectivity index (χ3v) is 4.68. The fourth-order valence-corrected chi connectivity index (χ4v) is 3.61. The summed E-state index contributed by atoms with van der Waals surface area (Å²) in [5, 5.41) is 14.1. The number of non-ortho nitro benzene ring substituents is 1. The van der Waals surface area contributed by atoms with Crippen molar-refractivity contribution in [3.63, 3.8) is 0 Å². The number of ketones is 1. The summed E-state index contributed by atoms with van der Waals surface area (Å²) in [6.07, 6.45) is 4.27. The Morgan fingerprint density at radius 1 is 1.30 bits per heavy atom. The van der Waals surface area contributed by atoms with Crippen LogP contribution in [0.4, 0.5) is 5.69 Å². The van der Waals surface area contributed by atoms with E-state index < -0.39 is 4.92 Å². The quantitative estimate of drug-likeness (QED) is 0.520. The Balaban J connectivity index is 1.65. The van der Waals surface area contributed by atoms with Crippen LogP contribution in [0.2, 0.25) is 0 Å². The number of benzene rings is 1. The molecule has 1 aliphatic heterocycles. The number of nitrogens with zero attached hydrogens (tertiary/aromatic N) is 1. The van der Waals surface area contributed by atoms with Crippen molar-refractivity contribution in [2.24, 2.45) is 11.8 Å². The molecule has 0 bridgehead atoms. The van der Waals surface area contributed by atoms with Crippen LogP contribution in [-0.4, -0.2) is 23.3 Å². The molecule has 3 atom stereocenters. The zero-order valence-corrected chi connectivity index (χ0v) is 11.2. The average molecular weight is 274 g/mol. The number of nitro benzene ring substituents is 1. The van der Waals surface area contributed by atoms with E-state index in [4.69, 9.17) is 0 Å². The number of hydrogen-bond donors (Lipinski definition) is 1. The second-order valence-electron chi connectivity index (χ2n) is 5.80. The number of Topliss-reactive ketones (excluding diaryl/α,β-unsaturated/α-hetero) is 1. The van der Waals surface area contributed by atoms with Gasteiger partial charge in [0.1, 0.15) is 0 Å². The molecule has 1 heterocycles. The molecule has 1 saturated carbocycles. The molecule has 2 fully saturated rings. The Morgan fingerprint density at radius 2 is 2.05 bits per heavy atom. The van der Waals surface area contributed by atoms with Gasteiger partial charge in [-0.1, -0.05) is 6.42 Å². The molecule has 0 aromatic heterocycles. The van der Waals surface area contributed by atoms with Gasteiger partial charge in [0, 0.05) is 30.2 Å². The van der Waals surface area contributed by atoms with Gasteiger partial charge in [0.05, 0.1) is 4.92 Å². The number of carbonyl (C=O) groups is 1. The lowest BCUT2D eigenvalue weighted by molar-refractivity contribution is -0.384. The third kappa shape index (κ3) is 2.45. The van der Waals surface area contributed by atoms with Crippen LogP contribution in [0.15, 0.2) is 24.3 Å². The minimum Gasteiger partial charge on any atom is -0.313 e. The molecule has 1 saturated heterocycles. The third-order valence-electron chi connectivity index (χ3n) is 4.68. The summed E-state index contributed by atoms with van der Waals surface area (Å²) in [5.41, 5.74) is 0.593. The molecule has 3 unspecified atom stereocenters. The normalized spacial score (nSPS) is 28.3. The molecule has 1 aromatic carbocycles. The number of carbonyl (C=O) groups excluding carboxylic acids is 1. The Hall–Kier alpha value is -1.75. The van der Waals surface area contributed by atoms with E-state index >= 15 is 0 Å². The molecule has 1 aliphatic carbocycles. The smallest absolute Gasteiger partial charge is 0.269 e. The van der Waals surface area contributed by atoms with Gasteiger partial charge in [-0.2, -0.15) is 0 Å². The van der Waals surface area contributed by atoms with Crippen molar-refractivity contribution < 1.29 is 9.72 Å². The summed E-state index contributed by atoms with van der Waals surface area (Å²) in [6.45, 7) is 1.03. The van der Waals surface area contributed by atoms with E-state index in [0.717, 1.165) is 12.5 Å². The van der Waals surface area contributed by atoms with Gasteiger partial charge >= 0.3 is 0 Å². The SMILES string of the molecule is O=C(CC1NCC2CCCC21)c1ccc([N+](=O)[O-])cc1. The molecule has 5 nitrogen and oxygen atoms in total. The first-order valence-electron chi connectivity index (χ1n) is 7.16. The van der Waals surface area contributed by atoms with Crippen molar-refractivity contribution >= 4 is 11.5 Å². The molecule has 0 spiro atoms. The number of nitro groups is 1. The molecule has 2 aliphatic rings. The van der Waals surface area contributed by atoms with Gasteiger partial charge in [-0.3, -0.25) is 14.9 Å². The maximum atomic E-state index is 12.3. The Morgan fingerprint density at radius 3 is 2.75 bits per heavy atom. The van der Waals surface area contributed by atoms with Crippen LogP contribution >= 0.6 is 0 Å². The summed E-state index contributed by atoms with van der Waals surface area (Å²) in [5.74, 6) is 1.45. The fourth-order valence-electron chi connectivity index (χ4n) is 3.61. The largest absolute Gasteiger partial charge is 0.313 e. The maximum absolute atomic E-state index is 12.3. The predicted molar refractivity (Wildman–Crippen MR) is 74.7 cm³/mol. The van der Waals surface area contributed by atoms with E-state index in [9.17, 15) is 14.9 Å². The molecule has 0 radical (unpaired) electrons. The van der Waals surface area contributed by atoms with Crippen LogP contribution in [-0.2, 0) is 0 Å². The molecule has 5 heteroatoms. The predicted octanol–water partition coefficient (Wildman–Crippen LogP) is 2.56. The lowest BCUT2D eigenvalue weighted by Crippen LogP contribution is -2.29. The van der Waals surface area contributed by atoms with Crippen molar-refractivity contribution in [3.8, 4) is 0 Å². The summed E-state index contributed by atoms with van der Waals surface area (Å²) in [4.78, 5) is 22.4. The second kappa shape index (κ2) is 5.32. The van der Waals surface area contributed by atoms with Crippen molar-refractivity contribution in [3.05, 3.63) is 39.9 Å². The fraction of sp³-hybridized carbons (Fsp3) is 0.533. The standard InChI is InChI=1S/C15H18N2O3/c18-15(10-4-6-12(7-5-10)17(19)20)8-14-13-3-1-2-11(13)9-16-14/h4-7,11,13-14,16H,1-3,8-9H2. The van der Waals surface area contributed by atoms with Crippen LogP contribution in [0.25, 0.3) is 0 Å². The van der Waals surface area contributed by atoms with E-state index in [-0.39, 0.29) is 17.5 Å². The Kier molecular flexibility index (Phi) is 3.53. The average Bonchev–Trinajstić information content (AvgIpc) is 3.04. The molecule has 1 N–H and O–H groups in total. The van der Waals surface area contributed by atoms with E-state index in [0.29, 0.717) is 17.9 Å². The molecule has 20 heavy (non-hydrogen) atoms. The van der Waals surface area contributed by atoms with E-state index in [1.807, 2.05) is 0 Å². The van der Waals surface area contributed by atoms with Crippen molar-refractivity contribution in [2.45, 2.75) is 31.7 Å². The monoisotopic (exact) mass is 274 g/mol. The zero-order valence-electron chi connectivity index (χ0n) is 11.2. The van der Waals surface area contributed by atoms with E-state index in [2.05, 4.69) is 5.32 Å². The summed E-state index contributed by atoms with van der Waals surface area (Å²) < 4.78 is 0. The minimum absolute atomic E-state index is 0.0244. The molecule has 3 rings (SSSR count). The van der Waals surface area contributed by atoms with E-state index in [1.165, 1.54) is 31.4 Å². The van der Waals surface area contributed by atoms with Crippen molar-refractivity contribution in [1.29, 1.82) is 0 Å². The highest BCUT2D eigenvalue weighted by Crippen LogP contribution is 2.38. The summed E-state index contributed by atoms with van der Waals surface area (Å²) >= 11 is 0. The van der Waals surface area contributed by atoms with Gasteiger partial charge in [0.15, 0.2) is 5.78 Å². The first kappa shape index (κ1) is 13.2. The Labute approximate surface area is 117 Å². The van der Waals surface area contributed by atoms with Gasteiger partial charge in [-0.25, -0.2) is 0 Å². The van der Waals surface area contributed by atoms with Gasteiger partial charge in [-0.15, -0.1) is 0 Å². The van der Waals surface area contributed by atoms with Crippen LogP contribution in [0, 0.1) is 22.0 Å².